The Hall–Kier alpha value is -3.31. The number of rotatable bonds is 3. The number of nitrogens with two attached hydrogens (primary N) is 2. The van der Waals surface area contributed by atoms with Gasteiger partial charge in [0.15, 0.2) is 0 Å². The molecule has 7 N–H and O–H groups in total. The van der Waals surface area contributed by atoms with Gasteiger partial charge in [-0.1, -0.05) is 54.0 Å². The van der Waals surface area contributed by atoms with Crippen molar-refractivity contribution >= 4 is 30.1 Å². The molecule has 4 aliphatic rings. The van der Waals surface area contributed by atoms with Crippen LogP contribution in [-0.4, -0.2) is 67.5 Å². The third-order valence-electron chi connectivity index (χ3n) is 13.7. The zero-order valence-electron chi connectivity index (χ0n) is 36.8. The number of fused-ring (bicyclic) bond motifs is 4. The van der Waals surface area contributed by atoms with Crippen molar-refractivity contribution in [1.82, 2.24) is 19.6 Å². The molecule has 364 valence electrons. The zero-order chi connectivity index (χ0) is 44.8. The fourth-order valence-electron chi connectivity index (χ4n) is 10.7. The highest BCUT2D eigenvalue weighted by molar-refractivity contribution is 8.11. The van der Waals surface area contributed by atoms with Crippen LogP contribution in [0.15, 0.2) is 36.7 Å². The van der Waals surface area contributed by atoms with E-state index in [1.54, 1.807) is 0 Å². The molecule has 0 radical (unpaired) electrons. The lowest BCUT2D eigenvalue weighted by Gasteiger charge is -2.42. The smallest absolute Gasteiger partial charge is 0.294 e. The first-order valence-electron chi connectivity index (χ1n) is 21.2. The SMILES string of the molecule is C.C.C.C.Cc1cnc2c(c1)CCc1c(C)c(C)cc(C)c1C2(O)C1CCN(S(N)(=O)=O)CC1.Cc1cnc2c(c1)CCc1c(C)c(C)cc(C)c1C2(O)C1CCNCC1.NS(=O)(=O)Cl. The number of hydrogen-bond acceptors (Lipinski definition) is 9. The second-order valence-corrected chi connectivity index (χ2v) is 21.6. The summed E-state index contributed by atoms with van der Waals surface area (Å²) in [7, 11) is -3.13. The summed E-state index contributed by atoms with van der Waals surface area (Å²) in [4.78, 5) is 9.59. The van der Waals surface area contributed by atoms with Crippen LogP contribution in [0.3, 0.4) is 0 Å². The lowest BCUT2D eigenvalue weighted by atomic mass is 9.70. The number of pyridine rings is 2. The number of halogens is 1. The van der Waals surface area contributed by atoms with Crippen LogP contribution in [0.25, 0.3) is 0 Å². The first-order chi connectivity index (χ1) is 28.5. The largest absolute Gasteiger partial charge is 0.378 e. The fraction of sp³-hybridized carbons (Fsp3) is 0.560. The van der Waals surface area contributed by atoms with Gasteiger partial charge in [-0.2, -0.15) is 21.1 Å². The Balaban J connectivity index is 0.000000386. The Labute approximate surface area is 396 Å². The van der Waals surface area contributed by atoms with Gasteiger partial charge in [0, 0.05) is 48.0 Å². The minimum absolute atomic E-state index is 0. The van der Waals surface area contributed by atoms with Gasteiger partial charge in [0.25, 0.3) is 19.4 Å². The Bertz CT molecular complexity index is 2530. The summed E-state index contributed by atoms with van der Waals surface area (Å²) in [5, 5.41) is 37.8. The molecular formula is C50H79ClN6O6S2. The van der Waals surface area contributed by atoms with E-state index < -0.39 is 30.6 Å². The maximum atomic E-state index is 12.5. The van der Waals surface area contributed by atoms with Crippen LogP contribution in [-0.2, 0) is 56.3 Å². The van der Waals surface area contributed by atoms with E-state index in [1.165, 1.54) is 54.4 Å². The lowest BCUT2D eigenvalue weighted by Crippen LogP contribution is -2.48. The molecular weight excluding hydrogens is 880 g/mol. The second kappa shape index (κ2) is 22.2. The number of benzene rings is 2. The Morgan fingerprint density at radius 3 is 1.32 bits per heavy atom. The van der Waals surface area contributed by atoms with E-state index in [-0.39, 0.29) is 41.5 Å². The molecule has 2 atom stereocenters. The monoisotopic (exact) mass is 959 g/mol. The van der Waals surface area contributed by atoms with E-state index in [2.05, 4.69) is 93.9 Å². The molecule has 2 fully saturated rings. The van der Waals surface area contributed by atoms with Crippen molar-refractivity contribution in [1.29, 1.82) is 0 Å². The summed E-state index contributed by atoms with van der Waals surface area (Å²) in [6.45, 7) is 19.5. The first kappa shape index (κ1) is 57.8. The van der Waals surface area contributed by atoms with Crippen LogP contribution < -0.4 is 15.6 Å². The zero-order valence-corrected chi connectivity index (χ0v) is 39.2. The Kier molecular flexibility index (Phi) is 19.7. The first-order valence-corrected chi connectivity index (χ1v) is 25.1. The molecule has 4 aromatic rings. The van der Waals surface area contributed by atoms with E-state index >= 15 is 0 Å². The summed E-state index contributed by atoms with van der Waals surface area (Å²) < 4.78 is 43.3. The normalized spacial score (nSPS) is 20.8. The van der Waals surface area contributed by atoms with Crippen LogP contribution in [0.4, 0.5) is 0 Å². The van der Waals surface area contributed by atoms with Crippen molar-refractivity contribution in [2.24, 2.45) is 22.1 Å². The number of aryl methyl sites for hydroxylation is 8. The van der Waals surface area contributed by atoms with Gasteiger partial charge in [0.05, 0.1) is 11.4 Å². The molecule has 2 aromatic heterocycles. The molecule has 12 nitrogen and oxygen atoms in total. The molecule has 65 heavy (non-hydrogen) atoms. The molecule has 2 saturated heterocycles. The number of nitrogens with zero attached hydrogens (tertiary/aromatic N) is 3. The van der Waals surface area contributed by atoms with Gasteiger partial charge in [-0.3, -0.25) is 9.97 Å². The van der Waals surface area contributed by atoms with E-state index in [9.17, 15) is 27.0 Å². The van der Waals surface area contributed by atoms with Crippen molar-refractivity contribution < 1.29 is 27.0 Å². The molecule has 0 saturated carbocycles. The summed E-state index contributed by atoms with van der Waals surface area (Å²) in [6, 6.07) is 8.77. The van der Waals surface area contributed by atoms with E-state index in [0.29, 0.717) is 25.9 Å². The van der Waals surface area contributed by atoms with Crippen molar-refractivity contribution in [3.05, 3.63) is 126 Å². The highest BCUT2D eigenvalue weighted by Gasteiger charge is 2.49. The molecule has 2 aliphatic heterocycles. The average molecular weight is 960 g/mol. The van der Waals surface area contributed by atoms with Crippen LogP contribution in [0, 0.1) is 67.2 Å². The van der Waals surface area contributed by atoms with Gasteiger partial charge in [-0.25, -0.2) is 10.3 Å². The summed E-state index contributed by atoms with van der Waals surface area (Å²) in [5.74, 6) is 0.0671. The predicted molar refractivity (Wildman–Crippen MR) is 269 cm³/mol. The van der Waals surface area contributed by atoms with Crippen LogP contribution in [0.1, 0.15) is 145 Å². The van der Waals surface area contributed by atoms with Gasteiger partial charge < -0.3 is 15.5 Å². The van der Waals surface area contributed by atoms with E-state index in [1.807, 2.05) is 19.3 Å². The Morgan fingerprint density at radius 2 is 0.969 bits per heavy atom. The van der Waals surface area contributed by atoms with Crippen molar-refractivity contribution in [2.75, 3.05) is 26.2 Å². The molecule has 2 aliphatic carbocycles. The molecule has 2 aromatic carbocycles. The summed E-state index contributed by atoms with van der Waals surface area (Å²) in [6.07, 6.45) is 10.4. The van der Waals surface area contributed by atoms with Gasteiger partial charge >= 0.3 is 0 Å². The van der Waals surface area contributed by atoms with Gasteiger partial charge in [0.2, 0.25) is 0 Å². The number of piperidine rings is 2. The maximum absolute atomic E-state index is 12.5. The number of hydrogen-bond donors (Lipinski definition) is 5. The van der Waals surface area contributed by atoms with Crippen LogP contribution in [0.5, 0.6) is 0 Å². The summed E-state index contributed by atoms with van der Waals surface area (Å²) in [5.41, 5.74) is 16.0. The van der Waals surface area contributed by atoms with Crippen molar-refractivity contribution in [2.45, 2.75) is 148 Å². The molecule has 4 heterocycles. The van der Waals surface area contributed by atoms with Crippen LogP contribution >= 0.6 is 10.7 Å². The number of nitrogens with one attached hydrogen (secondary N) is 1. The van der Waals surface area contributed by atoms with E-state index in [4.69, 9.17) is 15.1 Å². The van der Waals surface area contributed by atoms with Crippen LogP contribution in [0.2, 0.25) is 0 Å². The topological polar surface area (TPSA) is 202 Å². The van der Waals surface area contributed by atoms with Gasteiger partial charge in [-0.05, 0) is 198 Å². The minimum atomic E-state index is -3.72. The molecule has 0 spiro atoms. The minimum Gasteiger partial charge on any atom is -0.378 e. The quantitative estimate of drug-likeness (QED) is 0.126. The standard InChI is InChI=1S/C23H31N3O3S.C23H30N2O.4CH4.ClH2NO2S/c1-14-11-18-5-6-20-17(4)15(2)12-16(3)21(20)23(27,22(18)25-13-14)19-7-9-26(10-8-19)30(24,28)29;1-14-11-18-5-6-20-17(4)15(2)12-16(3)21(20)23(26,22(18)25-13-14)19-7-9-24-10-8-19;;;;;1-5(2,3)4/h11-13,19,27H,5-10H2,1-4H3,(H2,24,28,29);11-13,19,24,26H,5-10H2,1-4H3;4*1H4;(H2,2,3,4). The average Bonchev–Trinajstić information content (AvgIpc) is 3.40. The highest BCUT2D eigenvalue weighted by atomic mass is 35.7. The fourth-order valence-corrected chi connectivity index (χ4v) is 11.4. The van der Waals surface area contributed by atoms with E-state index in [0.717, 1.165) is 90.8 Å². The third-order valence-corrected chi connectivity index (χ3v) is 14.7. The van der Waals surface area contributed by atoms with Gasteiger partial charge in [-0.15, -0.1) is 0 Å². The number of aliphatic hydroxyl groups is 2. The molecule has 0 bridgehead atoms. The lowest BCUT2D eigenvalue weighted by molar-refractivity contribution is -0.00995. The Morgan fingerprint density at radius 1 is 0.615 bits per heavy atom. The number of aromatic nitrogens is 2. The third kappa shape index (κ3) is 11.9. The molecule has 2 unspecified atom stereocenters. The van der Waals surface area contributed by atoms with Crippen molar-refractivity contribution in [3.63, 3.8) is 0 Å². The molecule has 8 rings (SSSR count). The molecule has 0 amide bonds. The van der Waals surface area contributed by atoms with Crippen molar-refractivity contribution in [3.8, 4) is 0 Å². The molecule has 15 heteroatoms. The predicted octanol–water partition coefficient (Wildman–Crippen LogP) is 8.19. The summed E-state index contributed by atoms with van der Waals surface area (Å²) >= 11 is 0. The second-order valence-electron chi connectivity index (χ2n) is 17.8. The highest BCUT2D eigenvalue weighted by Crippen LogP contribution is 2.49. The van der Waals surface area contributed by atoms with Gasteiger partial charge in [0.1, 0.15) is 11.2 Å². The maximum Gasteiger partial charge on any atom is 0.294 e.